The summed E-state index contributed by atoms with van der Waals surface area (Å²) in [6.07, 6.45) is -50.4. The molecule has 0 spiro atoms. The first-order valence-electron chi connectivity index (χ1n) is 22.6. The van der Waals surface area contributed by atoms with E-state index >= 15 is 0 Å². The van der Waals surface area contributed by atoms with E-state index in [0.29, 0.717) is 0 Å². The van der Waals surface area contributed by atoms with Crippen molar-refractivity contribution in [1.82, 2.24) is 0 Å². The highest BCUT2D eigenvalue weighted by Crippen LogP contribution is 2.52. The van der Waals surface area contributed by atoms with Gasteiger partial charge < -0.3 is 148 Å². The van der Waals surface area contributed by atoms with Crippen molar-refractivity contribution in [1.29, 1.82) is 0 Å². The molecule has 0 saturated carbocycles. The average molecular weight is 1030 g/mol. The second-order valence-corrected chi connectivity index (χ2v) is 18.1. The van der Waals surface area contributed by atoms with Crippen LogP contribution in [0.2, 0.25) is 0 Å². The topological polar surface area (TPSA) is 471 Å². The fourth-order valence-corrected chi connectivity index (χ4v) is 9.48. The molecule has 13 unspecified atom stereocenters. The number of ether oxygens (including phenoxy) is 15. The van der Waals surface area contributed by atoms with Crippen LogP contribution in [0.15, 0.2) is 0 Å². The second-order valence-electron chi connectivity index (χ2n) is 18.1. The summed E-state index contributed by atoms with van der Waals surface area (Å²) in [5.74, 6) is -3.81. The number of epoxide rings is 2. The van der Waals surface area contributed by atoms with Gasteiger partial charge in [0.25, 0.3) is 0 Å². The van der Waals surface area contributed by atoms with E-state index in [-0.39, 0.29) is 26.4 Å². The van der Waals surface area contributed by atoms with Crippen molar-refractivity contribution in [2.45, 2.75) is 185 Å². The molecule has 8 aliphatic rings. The summed E-state index contributed by atoms with van der Waals surface area (Å²) < 4.78 is 86.6. The van der Waals surface area contributed by atoms with Crippen LogP contribution in [0.3, 0.4) is 0 Å². The molecule has 0 aliphatic carbocycles. The van der Waals surface area contributed by atoms with Crippen LogP contribution in [0.5, 0.6) is 0 Å². The van der Waals surface area contributed by atoms with Gasteiger partial charge in [-0.1, -0.05) is 0 Å². The van der Waals surface area contributed by atoms with Crippen molar-refractivity contribution in [3.05, 3.63) is 0 Å². The SMILES string of the molecule is COC1O[C@@H](OCCOCCN)[C@@H](O)C(C)O[C@@H]2OC3O[C@@H]3C(O[C@@H]3OC(CO)[C@@H](O[C@H]4OC5O[C@@H]5C(O)[C@@H]4O)C(O)[C@@H]3O)[C@@]2(O)C1[C@H]1OC(CO[C@H]2OC(C(=O)O)[C@@H](O)[C@H](O)C2O)[C@@H](O)[C@H](O)C1O. The first-order chi connectivity index (χ1) is 33.3. The van der Waals surface area contributed by atoms with E-state index in [1.807, 2.05) is 0 Å². The summed E-state index contributed by atoms with van der Waals surface area (Å²) in [5, 5.41) is 155. The molecule has 0 aromatic carbocycles. The largest absolute Gasteiger partial charge is 0.479 e. The molecule has 8 rings (SSSR count). The van der Waals surface area contributed by atoms with Gasteiger partial charge in [0.05, 0.1) is 51.2 Å². The number of aliphatic hydroxyl groups is 13. The van der Waals surface area contributed by atoms with Gasteiger partial charge in [0.1, 0.15) is 104 Å². The van der Waals surface area contributed by atoms with E-state index in [2.05, 4.69) is 0 Å². The van der Waals surface area contributed by atoms with E-state index in [9.17, 15) is 76.3 Å². The summed E-state index contributed by atoms with van der Waals surface area (Å²) in [6, 6.07) is 0. The first-order valence-corrected chi connectivity index (χ1v) is 22.6. The molecule has 0 bridgehead atoms. The molecule has 0 aromatic rings. The number of methoxy groups -OCH3 is 1. The van der Waals surface area contributed by atoms with Gasteiger partial charge in [-0.15, -0.1) is 0 Å². The van der Waals surface area contributed by atoms with Gasteiger partial charge in [0.15, 0.2) is 62.0 Å². The summed E-state index contributed by atoms with van der Waals surface area (Å²) >= 11 is 0. The predicted molar refractivity (Wildman–Crippen MR) is 210 cm³/mol. The molecule has 31 nitrogen and oxygen atoms in total. The Hall–Kier alpha value is -1.69. The Morgan fingerprint density at radius 1 is 0.571 bits per heavy atom. The van der Waals surface area contributed by atoms with Crippen molar-refractivity contribution in [3.63, 3.8) is 0 Å². The lowest BCUT2D eigenvalue weighted by molar-refractivity contribution is -0.395. The molecule has 0 amide bonds. The van der Waals surface area contributed by atoms with Gasteiger partial charge in [-0.05, 0) is 6.92 Å². The molecule has 8 fully saturated rings. The summed E-state index contributed by atoms with van der Waals surface area (Å²) in [7, 11) is 1.06. The molecule has 0 aromatic heterocycles. The minimum absolute atomic E-state index is 0.0624. The second kappa shape index (κ2) is 22.3. The Kier molecular flexibility index (Phi) is 17.4. The minimum Gasteiger partial charge on any atom is -0.479 e. The van der Waals surface area contributed by atoms with E-state index in [0.717, 1.165) is 7.11 Å². The van der Waals surface area contributed by atoms with Gasteiger partial charge in [-0.2, -0.15) is 0 Å². The smallest absolute Gasteiger partial charge is 0.335 e. The molecular weight excluding hydrogens is 962 g/mol. The number of hydrogen-bond donors (Lipinski definition) is 15. The van der Waals surface area contributed by atoms with Crippen LogP contribution < -0.4 is 5.73 Å². The Morgan fingerprint density at radius 2 is 1.20 bits per heavy atom. The van der Waals surface area contributed by atoms with Crippen LogP contribution in [0.1, 0.15) is 6.92 Å². The number of fused-ring (bicyclic) bond motifs is 3. The van der Waals surface area contributed by atoms with Crippen LogP contribution in [0.25, 0.3) is 0 Å². The molecule has 0 radical (unpaired) electrons. The molecule has 404 valence electrons. The Balaban J connectivity index is 1.12. The van der Waals surface area contributed by atoms with Crippen LogP contribution in [-0.2, 0) is 75.8 Å². The van der Waals surface area contributed by atoms with E-state index in [1.165, 1.54) is 6.92 Å². The third kappa shape index (κ3) is 10.5. The number of rotatable bonds is 17. The third-order valence-corrected chi connectivity index (χ3v) is 13.5. The number of carboxylic acid groups (broad SMARTS) is 1. The quantitative estimate of drug-likeness (QED) is 0.0475. The molecule has 8 heterocycles. The average Bonchev–Trinajstić information content (AvgIpc) is 4.28. The van der Waals surface area contributed by atoms with Crippen molar-refractivity contribution in [3.8, 4) is 0 Å². The monoisotopic (exact) mass is 1030 g/mol. The van der Waals surface area contributed by atoms with E-state index in [4.69, 9.17) is 76.8 Å². The summed E-state index contributed by atoms with van der Waals surface area (Å²) in [5.41, 5.74) is 2.56. The zero-order valence-corrected chi connectivity index (χ0v) is 37.4. The van der Waals surface area contributed by atoms with Crippen molar-refractivity contribution >= 4 is 5.97 Å². The normalized spacial score (nSPS) is 53.6. The fraction of sp³-hybridized carbons (Fsp3) is 0.974. The van der Waals surface area contributed by atoms with Crippen molar-refractivity contribution in [2.75, 3.05) is 46.7 Å². The van der Waals surface area contributed by atoms with E-state index < -0.39 is 203 Å². The molecule has 8 aliphatic heterocycles. The fourth-order valence-electron chi connectivity index (χ4n) is 9.48. The van der Waals surface area contributed by atoms with E-state index in [1.54, 1.807) is 0 Å². The highest BCUT2D eigenvalue weighted by atomic mass is 16.9. The minimum atomic E-state index is -2.95. The highest BCUT2D eigenvalue weighted by Gasteiger charge is 2.73. The zero-order valence-electron chi connectivity index (χ0n) is 37.4. The van der Waals surface area contributed by atoms with Crippen LogP contribution in [0, 0.1) is 5.92 Å². The molecular formula is C39H63NO30. The van der Waals surface area contributed by atoms with Crippen LogP contribution >= 0.6 is 0 Å². The summed E-state index contributed by atoms with van der Waals surface area (Å²) in [4.78, 5) is 11.8. The zero-order chi connectivity index (χ0) is 50.7. The van der Waals surface area contributed by atoms with Gasteiger partial charge in [0.2, 0.25) is 0 Å². The number of aliphatic hydroxyl groups excluding tert-OH is 12. The van der Waals surface area contributed by atoms with Crippen LogP contribution in [-0.4, -0.2) is 302 Å². The number of nitrogens with two attached hydrogens (primary N) is 1. The lowest BCUT2D eigenvalue weighted by atomic mass is 9.72. The first kappa shape index (κ1) is 54.6. The molecule has 31 heteroatoms. The standard InChI is InChI=1S/C39H63NO30/c1-9-13(42)32(58-6-5-57-4-3-40)68-31(56-2)12(25-17(46)15(44)14(43)11(61-25)8-59-33-21(50)16(45)18(47)26(64-33)30(53)54)39(55)29(28-37(66-28)70-38(39)60-9)67-34-22(51)19(48)24(10(7-41)62-34)63-35-23(52)20(49)27-36(65-27)69-35/h9-29,31-38,41-52,55H,3-8,40H2,1-2H3,(H,53,54)/t9?,10?,11?,12?,13-,14+,15-,16-,17?,18-,19?,20?,21?,22-,23-,24+,25+,26?,27+,28+,29?,31?,32+,33-,34-,35-,36?,37?,38+,39-/m0/s1. The van der Waals surface area contributed by atoms with Gasteiger partial charge >= 0.3 is 5.97 Å². The molecule has 30 atom stereocenters. The van der Waals surface area contributed by atoms with Gasteiger partial charge in [-0.25, -0.2) is 4.79 Å². The maximum atomic E-state index is 13.5. The number of aliphatic carboxylic acids is 1. The Labute approximate surface area is 396 Å². The summed E-state index contributed by atoms with van der Waals surface area (Å²) in [6.45, 7) is -0.518. The lowest BCUT2D eigenvalue weighted by Crippen LogP contribution is -2.74. The number of carboxylic acids is 1. The number of hydrogen-bond acceptors (Lipinski definition) is 30. The Bertz CT molecular complexity index is 1730. The highest BCUT2D eigenvalue weighted by molar-refractivity contribution is 5.73. The predicted octanol–water partition coefficient (Wildman–Crippen LogP) is -10.7. The maximum Gasteiger partial charge on any atom is 0.335 e. The Morgan fingerprint density at radius 3 is 1.89 bits per heavy atom. The van der Waals surface area contributed by atoms with Gasteiger partial charge in [0, 0.05) is 13.7 Å². The maximum absolute atomic E-state index is 13.5. The molecule has 70 heavy (non-hydrogen) atoms. The lowest BCUT2D eigenvalue weighted by Gasteiger charge is -2.54. The number of carbonyl (C=O) groups is 1. The van der Waals surface area contributed by atoms with Crippen molar-refractivity contribution < 1.29 is 147 Å². The third-order valence-electron chi connectivity index (χ3n) is 13.5. The van der Waals surface area contributed by atoms with Crippen molar-refractivity contribution in [2.24, 2.45) is 11.7 Å². The molecule has 16 N–H and O–H groups in total. The van der Waals surface area contributed by atoms with Gasteiger partial charge in [-0.3, -0.25) is 0 Å². The molecule has 8 saturated heterocycles. The van der Waals surface area contributed by atoms with Crippen LogP contribution in [0.4, 0.5) is 0 Å².